The van der Waals surface area contributed by atoms with Gasteiger partial charge >= 0.3 is 0 Å². The average molecular weight is 243 g/mol. The van der Waals surface area contributed by atoms with Gasteiger partial charge in [0.1, 0.15) is 0 Å². The van der Waals surface area contributed by atoms with Gasteiger partial charge in [0.05, 0.1) is 0 Å². The Labute approximate surface area is 109 Å². The fourth-order valence-electron chi connectivity index (χ4n) is 2.10. The number of nitrogens with zero attached hydrogens (tertiary/aromatic N) is 3. The first-order valence-corrected chi connectivity index (χ1v) is 6.43. The van der Waals surface area contributed by atoms with E-state index in [9.17, 15) is 0 Å². The van der Waals surface area contributed by atoms with Crippen LogP contribution in [0.2, 0.25) is 0 Å². The van der Waals surface area contributed by atoms with Gasteiger partial charge < -0.3 is 9.47 Å². The standard InChI is InChI=1S/C15H21N3/c1-17(2)10-4-7-15-8-5-11-18(15)13-14-6-3-9-16-12-14/h3,5-6,8-9,11-12H,4,7,10,13H2,1-2H3. The summed E-state index contributed by atoms with van der Waals surface area (Å²) < 4.78 is 2.31. The number of pyridine rings is 1. The van der Waals surface area contributed by atoms with Crippen molar-refractivity contribution < 1.29 is 0 Å². The molecule has 2 heterocycles. The summed E-state index contributed by atoms with van der Waals surface area (Å²) in [7, 11) is 4.24. The molecular formula is C15H21N3. The van der Waals surface area contributed by atoms with Crippen molar-refractivity contribution in [3.63, 3.8) is 0 Å². The first-order valence-electron chi connectivity index (χ1n) is 6.43. The Balaban J connectivity index is 1.95. The van der Waals surface area contributed by atoms with Gasteiger partial charge in [0.15, 0.2) is 0 Å². The summed E-state index contributed by atoms with van der Waals surface area (Å²) in [6, 6.07) is 8.45. The molecule has 0 saturated carbocycles. The van der Waals surface area contributed by atoms with Crippen LogP contribution in [0.1, 0.15) is 17.7 Å². The molecule has 2 rings (SSSR count). The van der Waals surface area contributed by atoms with E-state index < -0.39 is 0 Å². The number of rotatable bonds is 6. The summed E-state index contributed by atoms with van der Waals surface area (Å²) in [6.45, 7) is 2.05. The highest BCUT2D eigenvalue weighted by Gasteiger charge is 2.02. The quantitative estimate of drug-likeness (QED) is 0.777. The molecule has 18 heavy (non-hydrogen) atoms. The minimum Gasteiger partial charge on any atom is -0.347 e. The zero-order valence-electron chi connectivity index (χ0n) is 11.2. The predicted octanol–water partition coefficient (Wildman–Crippen LogP) is 2.43. The molecule has 2 aromatic rings. The maximum absolute atomic E-state index is 4.16. The zero-order valence-corrected chi connectivity index (χ0v) is 11.2. The van der Waals surface area contributed by atoms with Crippen molar-refractivity contribution in [1.29, 1.82) is 0 Å². The molecule has 0 amide bonds. The molecule has 0 aliphatic rings. The lowest BCUT2D eigenvalue weighted by atomic mass is 10.2. The molecule has 0 saturated heterocycles. The maximum atomic E-state index is 4.16. The Bertz CT molecular complexity index is 460. The fourth-order valence-corrected chi connectivity index (χ4v) is 2.10. The third kappa shape index (κ3) is 3.70. The second kappa shape index (κ2) is 6.36. The molecular weight excluding hydrogens is 222 g/mol. The van der Waals surface area contributed by atoms with Crippen LogP contribution in [0.3, 0.4) is 0 Å². The highest BCUT2D eigenvalue weighted by atomic mass is 15.0. The van der Waals surface area contributed by atoms with Gasteiger partial charge in [-0.25, -0.2) is 0 Å². The molecule has 96 valence electrons. The van der Waals surface area contributed by atoms with Gasteiger partial charge in [-0.15, -0.1) is 0 Å². The topological polar surface area (TPSA) is 21.1 Å². The number of hydrogen-bond acceptors (Lipinski definition) is 2. The monoisotopic (exact) mass is 243 g/mol. The van der Waals surface area contributed by atoms with E-state index in [0.717, 1.165) is 19.5 Å². The third-order valence-corrected chi connectivity index (χ3v) is 3.04. The van der Waals surface area contributed by atoms with Crippen LogP contribution >= 0.6 is 0 Å². The second-order valence-electron chi connectivity index (χ2n) is 4.90. The summed E-state index contributed by atoms with van der Waals surface area (Å²) >= 11 is 0. The lowest BCUT2D eigenvalue weighted by Gasteiger charge is -2.11. The van der Waals surface area contributed by atoms with E-state index in [1.165, 1.54) is 17.7 Å². The van der Waals surface area contributed by atoms with Crippen LogP contribution in [-0.2, 0) is 13.0 Å². The highest BCUT2D eigenvalue weighted by molar-refractivity contribution is 5.14. The first-order chi connectivity index (χ1) is 8.75. The van der Waals surface area contributed by atoms with Crippen molar-refractivity contribution >= 4 is 0 Å². The number of aromatic nitrogens is 2. The minimum absolute atomic E-state index is 0.915. The minimum atomic E-state index is 0.915. The van der Waals surface area contributed by atoms with E-state index in [4.69, 9.17) is 0 Å². The van der Waals surface area contributed by atoms with Crippen LogP contribution in [0.25, 0.3) is 0 Å². The molecule has 0 radical (unpaired) electrons. The first kappa shape index (κ1) is 12.8. The normalized spacial score (nSPS) is 11.1. The largest absolute Gasteiger partial charge is 0.347 e. The second-order valence-corrected chi connectivity index (χ2v) is 4.90. The Kier molecular flexibility index (Phi) is 4.53. The van der Waals surface area contributed by atoms with Gasteiger partial charge in [0.25, 0.3) is 0 Å². The van der Waals surface area contributed by atoms with Crippen LogP contribution in [-0.4, -0.2) is 35.1 Å². The molecule has 0 bridgehead atoms. The molecule has 0 N–H and O–H groups in total. The van der Waals surface area contributed by atoms with E-state index in [0.29, 0.717) is 0 Å². The van der Waals surface area contributed by atoms with E-state index in [1.54, 1.807) is 0 Å². The van der Waals surface area contributed by atoms with E-state index in [2.05, 4.69) is 52.9 Å². The van der Waals surface area contributed by atoms with Gasteiger partial charge in [-0.05, 0) is 57.2 Å². The summed E-state index contributed by atoms with van der Waals surface area (Å²) in [5.41, 5.74) is 2.66. The molecule has 0 aliphatic heterocycles. The van der Waals surface area contributed by atoms with Crippen molar-refractivity contribution in [2.75, 3.05) is 20.6 Å². The third-order valence-electron chi connectivity index (χ3n) is 3.04. The van der Waals surface area contributed by atoms with Gasteiger partial charge in [-0.1, -0.05) is 6.07 Å². The summed E-state index contributed by atoms with van der Waals surface area (Å²) in [6.07, 6.45) is 8.23. The summed E-state index contributed by atoms with van der Waals surface area (Å²) in [4.78, 5) is 6.39. The Hall–Kier alpha value is -1.61. The molecule has 3 heteroatoms. The number of hydrogen-bond donors (Lipinski definition) is 0. The van der Waals surface area contributed by atoms with Crippen molar-refractivity contribution in [3.05, 3.63) is 54.1 Å². The van der Waals surface area contributed by atoms with Gasteiger partial charge in [-0.2, -0.15) is 0 Å². The van der Waals surface area contributed by atoms with Crippen molar-refractivity contribution in [2.45, 2.75) is 19.4 Å². The fraction of sp³-hybridized carbons (Fsp3) is 0.400. The predicted molar refractivity (Wildman–Crippen MR) is 74.6 cm³/mol. The molecule has 0 aromatic carbocycles. The Morgan fingerprint density at radius 1 is 1.22 bits per heavy atom. The summed E-state index contributed by atoms with van der Waals surface area (Å²) in [5, 5.41) is 0. The molecule has 0 fully saturated rings. The molecule has 2 aromatic heterocycles. The number of aryl methyl sites for hydroxylation is 1. The molecule has 0 spiro atoms. The maximum Gasteiger partial charge on any atom is 0.0488 e. The smallest absolute Gasteiger partial charge is 0.0488 e. The SMILES string of the molecule is CN(C)CCCc1cccn1Cc1cccnc1. The zero-order chi connectivity index (χ0) is 12.8. The van der Waals surface area contributed by atoms with E-state index in [-0.39, 0.29) is 0 Å². The van der Waals surface area contributed by atoms with Crippen LogP contribution in [0.15, 0.2) is 42.9 Å². The Morgan fingerprint density at radius 3 is 2.83 bits per heavy atom. The lowest BCUT2D eigenvalue weighted by molar-refractivity contribution is 0.398. The van der Waals surface area contributed by atoms with E-state index in [1.807, 2.05) is 18.5 Å². The van der Waals surface area contributed by atoms with Crippen molar-refractivity contribution in [3.8, 4) is 0 Å². The Morgan fingerprint density at radius 2 is 2.11 bits per heavy atom. The average Bonchev–Trinajstić information content (AvgIpc) is 2.78. The summed E-state index contributed by atoms with van der Waals surface area (Å²) in [5.74, 6) is 0. The van der Waals surface area contributed by atoms with Gasteiger partial charge in [-0.3, -0.25) is 4.98 Å². The highest BCUT2D eigenvalue weighted by Crippen LogP contribution is 2.09. The van der Waals surface area contributed by atoms with Crippen LogP contribution in [0, 0.1) is 0 Å². The molecule has 0 aliphatic carbocycles. The van der Waals surface area contributed by atoms with Crippen LogP contribution in [0.5, 0.6) is 0 Å². The van der Waals surface area contributed by atoms with E-state index >= 15 is 0 Å². The molecule has 3 nitrogen and oxygen atoms in total. The van der Waals surface area contributed by atoms with Crippen LogP contribution in [0.4, 0.5) is 0 Å². The molecule has 0 atom stereocenters. The van der Waals surface area contributed by atoms with Crippen molar-refractivity contribution in [2.24, 2.45) is 0 Å². The van der Waals surface area contributed by atoms with Gasteiger partial charge in [0, 0.05) is 30.8 Å². The molecule has 0 unspecified atom stereocenters. The lowest BCUT2D eigenvalue weighted by Crippen LogP contribution is -2.14. The van der Waals surface area contributed by atoms with Crippen LogP contribution < -0.4 is 0 Å². The van der Waals surface area contributed by atoms with Gasteiger partial charge in [0.2, 0.25) is 0 Å². The van der Waals surface area contributed by atoms with Crippen molar-refractivity contribution in [1.82, 2.24) is 14.5 Å².